The van der Waals surface area contributed by atoms with E-state index >= 15 is 0 Å². The molecule has 0 aliphatic heterocycles. The number of aliphatic hydroxyl groups excluding tert-OH is 1. The Balaban J connectivity index is 3.93. The smallest absolute Gasteiger partial charge is 0.385 e. The van der Waals surface area contributed by atoms with Gasteiger partial charge in [0.1, 0.15) is 6.10 Å². The Morgan fingerprint density at radius 1 is 1.38 bits per heavy atom. The average molecular weight is 220 g/mol. The maximum Gasteiger partial charge on any atom is 0.474 e. The molecule has 0 aromatic carbocycles. The molecular weight excluding hydrogens is 209 g/mol. The van der Waals surface area contributed by atoms with Crippen molar-refractivity contribution in [3.63, 3.8) is 0 Å². The van der Waals surface area contributed by atoms with Crippen molar-refractivity contribution >= 4 is 7.82 Å². The largest absolute Gasteiger partial charge is 0.474 e. The van der Waals surface area contributed by atoms with Gasteiger partial charge >= 0.3 is 7.82 Å². The van der Waals surface area contributed by atoms with Crippen LogP contribution in [0.3, 0.4) is 0 Å². The Kier molecular flexibility index (Phi) is 5.59. The topological polar surface area (TPSA) is 65.0 Å². The molecule has 0 fully saturated rings. The highest BCUT2D eigenvalue weighted by Crippen LogP contribution is 2.47. The van der Waals surface area contributed by atoms with Crippen LogP contribution < -0.4 is 0 Å². The van der Waals surface area contributed by atoms with E-state index in [0.717, 1.165) is 14.2 Å². The summed E-state index contributed by atoms with van der Waals surface area (Å²) in [7, 11) is -1.69. The maximum absolute atomic E-state index is 11.7. The Labute approximate surface area is 74.2 Å². The lowest BCUT2D eigenvalue weighted by Crippen LogP contribution is -2.23. The zero-order chi connectivity index (χ0) is 10.5. The van der Waals surface area contributed by atoms with Crippen LogP contribution in [0.2, 0.25) is 0 Å². The number of hydrogen-bond acceptors (Lipinski definition) is 5. The number of phosphoric ester groups is 1. The van der Waals surface area contributed by atoms with E-state index in [1.54, 1.807) is 0 Å². The molecule has 1 N–H and O–H groups in total. The first-order chi connectivity index (χ1) is 5.95. The minimum atomic E-state index is -3.77. The molecule has 8 heteroatoms. The summed E-state index contributed by atoms with van der Waals surface area (Å²) in [6, 6.07) is 0. The van der Waals surface area contributed by atoms with Crippen molar-refractivity contribution in [1.82, 2.24) is 0 Å². The summed E-state index contributed by atoms with van der Waals surface area (Å²) < 4.78 is 47.4. The van der Waals surface area contributed by atoms with E-state index in [0.29, 0.717) is 0 Å². The molecule has 0 bridgehead atoms. The van der Waals surface area contributed by atoms with Gasteiger partial charge in [0.05, 0.1) is 6.61 Å². The SMILES string of the molecule is COP(=O)(OC)OC[C@@H](O)C(F)F. The number of hydrogen-bond donors (Lipinski definition) is 1. The van der Waals surface area contributed by atoms with Crippen LogP contribution in [-0.2, 0) is 18.1 Å². The molecule has 0 saturated carbocycles. The molecule has 0 radical (unpaired) electrons. The molecule has 0 aromatic heterocycles. The van der Waals surface area contributed by atoms with E-state index in [1.807, 2.05) is 0 Å². The summed E-state index contributed by atoms with van der Waals surface area (Å²) in [6.45, 7) is -0.809. The molecule has 0 unspecified atom stereocenters. The number of phosphoric acid groups is 1. The molecule has 0 amide bonds. The molecule has 0 spiro atoms. The van der Waals surface area contributed by atoms with Crippen LogP contribution in [0.15, 0.2) is 0 Å². The first-order valence-corrected chi connectivity index (χ1v) is 4.73. The van der Waals surface area contributed by atoms with Crippen LogP contribution in [0.4, 0.5) is 8.78 Å². The Morgan fingerprint density at radius 3 is 2.15 bits per heavy atom. The molecule has 0 aliphatic carbocycles. The van der Waals surface area contributed by atoms with Crippen LogP contribution in [0, 0.1) is 0 Å². The Hall–Kier alpha value is -0.0700. The van der Waals surface area contributed by atoms with Crippen LogP contribution >= 0.6 is 7.82 Å². The van der Waals surface area contributed by atoms with Crippen molar-refractivity contribution in [2.24, 2.45) is 0 Å². The average Bonchev–Trinajstić information content (AvgIpc) is 2.13. The molecular formula is C5H11F2O5P. The lowest BCUT2D eigenvalue weighted by Gasteiger charge is -2.15. The molecule has 1 atom stereocenters. The second kappa shape index (κ2) is 5.62. The lowest BCUT2D eigenvalue weighted by molar-refractivity contribution is -0.0350. The fourth-order valence-electron chi connectivity index (χ4n) is 0.420. The van der Waals surface area contributed by atoms with Crippen molar-refractivity contribution < 1.29 is 32.0 Å². The van der Waals surface area contributed by atoms with E-state index < -0.39 is 27.0 Å². The van der Waals surface area contributed by atoms with Crippen LogP contribution in [-0.4, -0.2) is 38.5 Å². The summed E-state index contributed by atoms with van der Waals surface area (Å²) >= 11 is 0. The minimum absolute atomic E-state index is 0.809. The lowest BCUT2D eigenvalue weighted by atomic mass is 10.4. The van der Waals surface area contributed by atoms with Gasteiger partial charge in [-0.1, -0.05) is 0 Å². The summed E-state index contributed by atoms with van der Waals surface area (Å²) in [5, 5.41) is 8.57. The Bertz CT molecular complexity index is 180. The van der Waals surface area contributed by atoms with Crippen molar-refractivity contribution in [1.29, 1.82) is 0 Å². The fraction of sp³-hybridized carbons (Fsp3) is 1.00. The first-order valence-electron chi connectivity index (χ1n) is 3.27. The van der Waals surface area contributed by atoms with Gasteiger partial charge in [0.15, 0.2) is 0 Å². The highest BCUT2D eigenvalue weighted by molar-refractivity contribution is 7.48. The second-order valence-electron chi connectivity index (χ2n) is 2.01. The quantitative estimate of drug-likeness (QED) is 0.677. The van der Waals surface area contributed by atoms with Crippen molar-refractivity contribution in [2.45, 2.75) is 12.5 Å². The van der Waals surface area contributed by atoms with Crippen molar-refractivity contribution in [3.8, 4) is 0 Å². The van der Waals surface area contributed by atoms with Gasteiger partial charge in [-0.15, -0.1) is 0 Å². The van der Waals surface area contributed by atoms with Crippen molar-refractivity contribution in [3.05, 3.63) is 0 Å². The highest BCUT2D eigenvalue weighted by atomic mass is 31.2. The third-order valence-electron chi connectivity index (χ3n) is 1.14. The molecule has 0 heterocycles. The zero-order valence-corrected chi connectivity index (χ0v) is 8.04. The number of rotatable bonds is 6. The van der Waals surface area contributed by atoms with Crippen LogP contribution in [0.1, 0.15) is 0 Å². The van der Waals surface area contributed by atoms with E-state index in [2.05, 4.69) is 13.6 Å². The molecule has 0 aromatic rings. The van der Waals surface area contributed by atoms with E-state index in [-0.39, 0.29) is 0 Å². The summed E-state index contributed by atoms with van der Waals surface area (Å²) in [4.78, 5) is 0. The standard InChI is InChI=1S/C5H11F2O5P/c1-10-13(9,11-2)12-3-4(8)5(6)7/h4-5,8H,3H2,1-2H3/t4-/m1/s1. The number of aliphatic hydroxyl groups is 1. The van der Waals surface area contributed by atoms with E-state index in [9.17, 15) is 13.3 Å². The molecule has 0 saturated heterocycles. The summed E-state index contributed by atoms with van der Waals surface area (Å²) in [5.41, 5.74) is 0. The molecule has 80 valence electrons. The van der Waals surface area contributed by atoms with Gasteiger partial charge in [-0.25, -0.2) is 13.3 Å². The van der Waals surface area contributed by atoms with E-state index in [1.165, 1.54) is 0 Å². The molecule has 0 aliphatic rings. The first kappa shape index (κ1) is 12.9. The predicted molar refractivity (Wildman–Crippen MR) is 39.6 cm³/mol. The number of alkyl halides is 2. The summed E-state index contributed by atoms with van der Waals surface area (Å²) in [5.74, 6) is 0. The fourth-order valence-corrected chi connectivity index (χ4v) is 1.12. The Morgan fingerprint density at radius 2 is 1.85 bits per heavy atom. The molecule has 0 rings (SSSR count). The molecule has 5 nitrogen and oxygen atoms in total. The maximum atomic E-state index is 11.7. The van der Waals surface area contributed by atoms with E-state index in [4.69, 9.17) is 5.11 Å². The highest BCUT2D eigenvalue weighted by Gasteiger charge is 2.27. The number of halogens is 2. The minimum Gasteiger partial charge on any atom is -0.385 e. The second-order valence-corrected chi connectivity index (χ2v) is 3.89. The van der Waals surface area contributed by atoms with Gasteiger partial charge in [-0.05, 0) is 0 Å². The van der Waals surface area contributed by atoms with Gasteiger partial charge in [-0.3, -0.25) is 13.6 Å². The third kappa shape index (κ3) is 4.64. The zero-order valence-electron chi connectivity index (χ0n) is 7.15. The predicted octanol–water partition coefficient (Wildman–Crippen LogP) is 1.03. The van der Waals surface area contributed by atoms with Gasteiger partial charge < -0.3 is 5.11 Å². The molecule has 13 heavy (non-hydrogen) atoms. The van der Waals surface area contributed by atoms with Gasteiger partial charge in [-0.2, -0.15) is 0 Å². The van der Waals surface area contributed by atoms with Crippen molar-refractivity contribution in [2.75, 3.05) is 20.8 Å². The van der Waals surface area contributed by atoms with Gasteiger partial charge in [0.2, 0.25) is 0 Å². The monoisotopic (exact) mass is 220 g/mol. The van der Waals surface area contributed by atoms with Gasteiger partial charge in [0.25, 0.3) is 6.43 Å². The summed E-state index contributed by atoms with van der Waals surface area (Å²) in [6.07, 6.45) is -4.96. The van der Waals surface area contributed by atoms with Crippen LogP contribution in [0.25, 0.3) is 0 Å². The third-order valence-corrected chi connectivity index (χ3v) is 2.50. The normalized spacial score (nSPS) is 14.9. The van der Waals surface area contributed by atoms with Crippen LogP contribution in [0.5, 0.6) is 0 Å². The van der Waals surface area contributed by atoms with Gasteiger partial charge in [0, 0.05) is 14.2 Å².